The molecule has 0 aliphatic heterocycles. The molecule has 0 unspecified atom stereocenters. The van der Waals surface area contributed by atoms with Crippen LogP contribution in [0.1, 0.15) is 21.5 Å². The number of ether oxygens (including phenoxy) is 1. The van der Waals surface area contributed by atoms with Crippen LogP contribution in [-0.4, -0.2) is 23.3 Å². The summed E-state index contributed by atoms with van der Waals surface area (Å²) in [7, 11) is 1.17. The summed E-state index contributed by atoms with van der Waals surface area (Å²) in [5.74, 6) is -1.11. The number of carbonyl (C=O) groups is 1. The quantitative estimate of drug-likeness (QED) is 0.691. The Hall–Kier alpha value is -2.06. The summed E-state index contributed by atoms with van der Waals surface area (Å²) < 4.78 is 4.43. The van der Waals surface area contributed by atoms with Crippen molar-refractivity contribution in [2.45, 2.75) is 6.61 Å². The molecular weight excluding hydrogens is 198 g/mol. The van der Waals surface area contributed by atoms with E-state index >= 15 is 0 Å². The molecule has 0 saturated heterocycles. The van der Waals surface area contributed by atoms with E-state index < -0.39 is 12.6 Å². The number of carbonyl (C=O) groups excluding carboxylic acids is 1. The second-order valence-corrected chi connectivity index (χ2v) is 2.79. The summed E-state index contributed by atoms with van der Waals surface area (Å²) in [6, 6.07) is 4.33. The lowest BCUT2D eigenvalue weighted by Crippen LogP contribution is -2.04. The van der Waals surface area contributed by atoms with Gasteiger partial charge < -0.3 is 14.9 Å². The van der Waals surface area contributed by atoms with Crippen molar-refractivity contribution >= 4 is 5.97 Å². The van der Waals surface area contributed by atoms with Gasteiger partial charge in [-0.15, -0.1) is 0 Å². The van der Waals surface area contributed by atoms with E-state index in [9.17, 15) is 9.90 Å². The van der Waals surface area contributed by atoms with E-state index in [0.29, 0.717) is 0 Å². The Morgan fingerprint density at radius 2 is 2.27 bits per heavy atom. The second kappa shape index (κ2) is 4.44. The second-order valence-electron chi connectivity index (χ2n) is 2.79. The van der Waals surface area contributed by atoms with Gasteiger partial charge in [0.05, 0.1) is 25.3 Å². The van der Waals surface area contributed by atoms with Gasteiger partial charge in [0, 0.05) is 5.56 Å². The highest BCUT2D eigenvalue weighted by Crippen LogP contribution is 2.25. The van der Waals surface area contributed by atoms with Crippen LogP contribution >= 0.6 is 0 Å². The van der Waals surface area contributed by atoms with Crippen molar-refractivity contribution in [3.05, 3.63) is 28.8 Å². The molecule has 0 radical (unpaired) electrons. The van der Waals surface area contributed by atoms with E-state index in [2.05, 4.69) is 4.74 Å². The number of aromatic hydroxyl groups is 1. The van der Waals surface area contributed by atoms with E-state index in [1.165, 1.54) is 19.2 Å². The van der Waals surface area contributed by atoms with E-state index in [4.69, 9.17) is 10.4 Å². The first-order chi connectivity index (χ1) is 7.13. The molecule has 0 heterocycles. The Morgan fingerprint density at radius 3 is 2.73 bits per heavy atom. The number of aliphatic hydroxyl groups excluding tert-OH is 1. The fraction of sp³-hybridized carbons (Fsp3) is 0.200. The van der Waals surface area contributed by atoms with Crippen LogP contribution in [0, 0.1) is 11.3 Å². The lowest BCUT2D eigenvalue weighted by atomic mass is 10.0. The maximum atomic E-state index is 11.2. The van der Waals surface area contributed by atoms with E-state index in [1.54, 1.807) is 0 Å². The number of aliphatic hydroxyl groups is 1. The van der Waals surface area contributed by atoms with E-state index in [1.807, 2.05) is 6.07 Å². The van der Waals surface area contributed by atoms with Crippen molar-refractivity contribution in [2.75, 3.05) is 7.11 Å². The maximum Gasteiger partial charge on any atom is 0.341 e. The SMILES string of the molecule is COC(=O)c1cc(C#N)cc(CO)c1O. The van der Waals surface area contributed by atoms with Gasteiger partial charge in [0.1, 0.15) is 11.3 Å². The fourth-order valence-electron chi connectivity index (χ4n) is 1.15. The molecular formula is C10H9NO4. The number of esters is 1. The number of hydrogen-bond acceptors (Lipinski definition) is 5. The monoisotopic (exact) mass is 207 g/mol. The van der Waals surface area contributed by atoms with Crippen molar-refractivity contribution in [2.24, 2.45) is 0 Å². The topological polar surface area (TPSA) is 90.6 Å². The van der Waals surface area contributed by atoms with Crippen LogP contribution in [0.15, 0.2) is 12.1 Å². The van der Waals surface area contributed by atoms with Crippen molar-refractivity contribution in [1.82, 2.24) is 0 Å². The van der Waals surface area contributed by atoms with Crippen molar-refractivity contribution in [3.8, 4) is 11.8 Å². The lowest BCUT2D eigenvalue weighted by Gasteiger charge is -2.07. The lowest BCUT2D eigenvalue weighted by molar-refractivity contribution is 0.0597. The van der Waals surface area contributed by atoms with Crippen molar-refractivity contribution in [3.63, 3.8) is 0 Å². The smallest absolute Gasteiger partial charge is 0.341 e. The molecule has 0 saturated carbocycles. The molecule has 1 aromatic carbocycles. The van der Waals surface area contributed by atoms with Crippen LogP contribution in [0.25, 0.3) is 0 Å². The average Bonchev–Trinajstić information content (AvgIpc) is 2.28. The summed E-state index contributed by atoms with van der Waals surface area (Å²) in [5, 5.41) is 27.1. The number of nitriles is 1. The Kier molecular flexibility index (Phi) is 3.26. The van der Waals surface area contributed by atoms with Gasteiger partial charge in [0.15, 0.2) is 0 Å². The van der Waals surface area contributed by atoms with Gasteiger partial charge in [-0.1, -0.05) is 0 Å². The van der Waals surface area contributed by atoms with Crippen molar-refractivity contribution in [1.29, 1.82) is 5.26 Å². The first-order valence-electron chi connectivity index (χ1n) is 4.09. The largest absolute Gasteiger partial charge is 0.507 e. The van der Waals surface area contributed by atoms with Crippen LogP contribution in [0.3, 0.4) is 0 Å². The Bertz CT molecular complexity index is 434. The van der Waals surface area contributed by atoms with Gasteiger partial charge in [-0.25, -0.2) is 4.79 Å². The summed E-state index contributed by atoms with van der Waals surface area (Å²) in [4.78, 5) is 11.2. The van der Waals surface area contributed by atoms with Gasteiger partial charge in [-0.05, 0) is 12.1 Å². The zero-order valence-electron chi connectivity index (χ0n) is 8.02. The van der Waals surface area contributed by atoms with Gasteiger partial charge >= 0.3 is 5.97 Å². The maximum absolute atomic E-state index is 11.2. The molecule has 0 atom stereocenters. The standard InChI is InChI=1S/C10H9NO4/c1-15-10(14)8-3-6(4-11)2-7(5-12)9(8)13/h2-3,12-13H,5H2,1H3. The van der Waals surface area contributed by atoms with E-state index in [0.717, 1.165) is 0 Å². The third-order valence-electron chi connectivity index (χ3n) is 1.89. The average molecular weight is 207 g/mol. The minimum Gasteiger partial charge on any atom is -0.507 e. The first-order valence-corrected chi connectivity index (χ1v) is 4.09. The van der Waals surface area contributed by atoms with Gasteiger partial charge in [0.2, 0.25) is 0 Å². The third-order valence-corrected chi connectivity index (χ3v) is 1.89. The van der Waals surface area contributed by atoms with Gasteiger partial charge in [-0.2, -0.15) is 5.26 Å². The van der Waals surface area contributed by atoms with Crippen molar-refractivity contribution < 1.29 is 19.7 Å². The molecule has 0 bridgehead atoms. The molecule has 0 aliphatic rings. The molecule has 5 heteroatoms. The number of benzene rings is 1. The van der Waals surface area contributed by atoms with Crippen LogP contribution < -0.4 is 0 Å². The minimum atomic E-state index is -0.751. The Balaban J connectivity index is 3.38. The zero-order valence-corrected chi connectivity index (χ0v) is 8.02. The third kappa shape index (κ3) is 2.06. The Morgan fingerprint density at radius 1 is 1.60 bits per heavy atom. The van der Waals surface area contributed by atoms with Crippen LogP contribution in [0.4, 0.5) is 0 Å². The normalized spacial score (nSPS) is 9.40. The molecule has 2 N–H and O–H groups in total. The number of phenols is 1. The summed E-state index contributed by atoms with van der Waals surface area (Å²) in [6.07, 6.45) is 0. The van der Waals surface area contributed by atoms with Gasteiger partial charge in [-0.3, -0.25) is 0 Å². The minimum absolute atomic E-state index is 0.120. The molecule has 5 nitrogen and oxygen atoms in total. The highest BCUT2D eigenvalue weighted by atomic mass is 16.5. The number of methoxy groups -OCH3 is 1. The molecule has 0 amide bonds. The molecule has 0 aromatic heterocycles. The summed E-state index contributed by atoms with van der Waals surface area (Å²) in [5.41, 5.74) is 0.173. The summed E-state index contributed by atoms with van der Waals surface area (Å²) >= 11 is 0. The van der Waals surface area contributed by atoms with Crippen LogP contribution in [0.2, 0.25) is 0 Å². The molecule has 0 fully saturated rings. The molecule has 15 heavy (non-hydrogen) atoms. The highest BCUT2D eigenvalue weighted by molar-refractivity contribution is 5.93. The van der Waals surface area contributed by atoms with Crippen LogP contribution in [0.5, 0.6) is 5.75 Å². The number of nitrogens with zero attached hydrogens (tertiary/aromatic N) is 1. The van der Waals surface area contributed by atoms with E-state index in [-0.39, 0.29) is 22.4 Å². The predicted molar refractivity (Wildman–Crippen MR) is 50.1 cm³/mol. The first kappa shape index (κ1) is 11.0. The molecule has 0 aliphatic carbocycles. The Labute approximate surface area is 86.1 Å². The molecule has 1 aromatic rings. The van der Waals surface area contributed by atoms with Crippen LogP contribution in [-0.2, 0) is 11.3 Å². The van der Waals surface area contributed by atoms with Gasteiger partial charge in [0.25, 0.3) is 0 Å². The zero-order chi connectivity index (χ0) is 11.4. The highest BCUT2D eigenvalue weighted by Gasteiger charge is 2.16. The predicted octanol–water partition coefficient (Wildman–Crippen LogP) is 0.543. The number of hydrogen-bond donors (Lipinski definition) is 2. The fourth-order valence-corrected chi connectivity index (χ4v) is 1.15. The summed E-state index contributed by atoms with van der Waals surface area (Å²) in [6.45, 7) is -0.453. The molecule has 1 rings (SSSR count). The number of rotatable bonds is 2. The molecule has 78 valence electrons. The molecule has 0 spiro atoms.